The molecule has 2 nitrogen and oxygen atoms in total. The molecule has 0 N–H and O–H groups in total. The lowest BCUT2D eigenvalue weighted by molar-refractivity contribution is 0.133. The van der Waals surface area contributed by atoms with Gasteiger partial charge in [-0.25, -0.2) is 0 Å². The first-order chi connectivity index (χ1) is 6.31. The Bertz CT molecular complexity index is 123. The van der Waals surface area contributed by atoms with Crippen LogP contribution in [0.15, 0.2) is 12.2 Å². The predicted molar refractivity (Wildman–Crippen MR) is 58.0 cm³/mol. The number of hydrogen-bond donors (Lipinski definition) is 0. The van der Waals surface area contributed by atoms with E-state index in [9.17, 15) is 0 Å². The summed E-state index contributed by atoms with van der Waals surface area (Å²) in [6, 6.07) is 0. The molecule has 0 aliphatic carbocycles. The van der Waals surface area contributed by atoms with Crippen molar-refractivity contribution in [1.82, 2.24) is 4.90 Å². The summed E-state index contributed by atoms with van der Waals surface area (Å²) >= 11 is 0. The third kappa shape index (κ3) is 9.57. The van der Waals surface area contributed by atoms with Crippen LogP contribution in [0.1, 0.15) is 26.7 Å². The van der Waals surface area contributed by atoms with Gasteiger partial charge in [0, 0.05) is 6.54 Å². The Labute approximate surface area is 82.6 Å². The minimum Gasteiger partial charge on any atom is -0.376 e. The maximum Gasteiger partial charge on any atom is 0.0648 e. The second kappa shape index (κ2) is 9.75. The van der Waals surface area contributed by atoms with E-state index in [1.54, 1.807) is 0 Å². The van der Waals surface area contributed by atoms with Crippen LogP contribution in [0.4, 0.5) is 0 Å². The van der Waals surface area contributed by atoms with E-state index in [0.29, 0.717) is 0 Å². The maximum absolute atomic E-state index is 5.40. The Kier molecular flexibility index (Phi) is 9.49. The third-order valence-electron chi connectivity index (χ3n) is 1.96. The SMILES string of the molecule is C/C=C\COCCN(C)CCCC. The predicted octanol–water partition coefficient (Wildman–Crippen LogP) is 2.31. The Hall–Kier alpha value is -0.340. The lowest BCUT2D eigenvalue weighted by Crippen LogP contribution is -2.24. The van der Waals surface area contributed by atoms with Crippen LogP contribution >= 0.6 is 0 Å². The first-order valence-corrected chi connectivity index (χ1v) is 5.18. The lowest BCUT2D eigenvalue weighted by Gasteiger charge is -2.15. The highest BCUT2D eigenvalue weighted by Gasteiger charge is 1.95. The van der Waals surface area contributed by atoms with Crippen molar-refractivity contribution in [2.24, 2.45) is 0 Å². The van der Waals surface area contributed by atoms with Crippen molar-refractivity contribution in [2.45, 2.75) is 26.7 Å². The van der Waals surface area contributed by atoms with Crippen molar-refractivity contribution in [1.29, 1.82) is 0 Å². The summed E-state index contributed by atoms with van der Waals surface area (Å²) in [5.74, 6) is 0. The van der Waals surface area contributed by atoms with E-state index in [0.717, 1.165) is 19.8 Å². The summed E-state index contributed by atoms with van der Waals surface area (Å²) in [6.07, 6.45) is 6.60. The number of unbranched alkanes of at least 4 members (excludes halogenated alkanes) is 1. The van der Waals surface area contributed by atoms with Crippen LogP contribution < -0.4 is 0 Å². The molecule has 2 heteroatoms. The van der Waals surface area contributed by atoms with Crippen molar-refractivity contribution in [3.8, 4) is 0 Å². The van der Waals surface area contributed by atoms with E-state index in [1.807, 2.05) is 19.1 Å². The van der Waals surface area contributed by atoms with Gasteiger partial charge in [0.25, 0.3) is 0 Å². The molecule has 78 valence electrons. The van der Waals surface area contributed by atoms with Gasteiger partial charge < -0.3 is 9.64 Å². The van der Waals surface area contributed by atoms with Crippen LogP contribution in [0, 0.1) is 0 Å². The molecule has 0 radical (unpaired) electrons. The molecule has 0 aliphatic heterocycles. The monoisotopic (exact) mass is 185 g/mol. The van der Waals surface area contributed by atoms with E-state index in [1.165, 1.54) is 19.4 Å². The molecule has 0 bridgehead atoms. The first-order valence-electron chi connectivity index (χ1n) is 5.18. The van der Waals surface area contributed by atoms with E-state index < -0.39 is 0 Å². The van der Waals surface area contributed by atoms with Gasteiger partial charge in [-0.2, -0.15) is 0 Å². The van der Waals surface area contributed by atoms with Gasteiger partial charge in [-0.05, 0) is 26.9 Å². The van der Waals surface area contributed by atoms with Crippen LogP contribution in [0.25, 0.3) is 0 Å². The summed E-state index contributed by atoms with van der Waals surface area (Å²) in [5.41, 5.74) is 0. The normalized spacial score (nSPS) is 11.7. The van der Waals surface area contributed by atoms with Crippen molar-refractivity contribution in [2.75, 3.05) is 33.4 Å². The van der Waals surface area contributed by atoms with Crippen LogP contribution in [-0.2, 0) is 4.74 Å². The third-order valence-corrected chi connectivity index (χ3v) is 1.96. The molecule has 0 unspecified atom stereocenters. The molecule has 0 heterocycles. The fourth-order valence-electron chi connectivity index (χ4n) is 1.01. The molecule has 0 saturated carbocycles. The lowest BCUT2D eigenvalue weighted by atomic mass is 10.3. The maximum atomic E-state index is 5.40. The van der Waals surface area contributed by atoms with E-state index in [-0.39, 0.29) is 0 Å². The average molecular weight is 185 g/mol. The average Bonchev–Trinajstić information content (AvgIpc) is 2.14. The van der Waals surface area contributed by atoms with Gasteiger partial charge >= 0.3 is 0 Å². The first kappa shape index (κ1) is 12.7. The zero-order chi connectivity index (χ0) is 9.94. The summed E-state index contributed by atoms with van der Waals surface area (Å²) in [5, 5.41) is 0. The van der Waals surface area contributed by atoms with E-state index in [2.05, 4.69) is 18.9 Å². The summed E-state index contributed by atoms with van der Waals surface area (Å²) in [6.45, 7) is 8.04. The fourth-order valence-corrected chi connectivity index (χ4v) is 1.01. The number of allylic oxidation sites excluding steroid dienone is 1. The van der Waals surface area contributed by atoms with Gasteiger partial charge in [0.15, 0.2) is 0 Å². The van der Waals surface area contributed by atoms with Gasteiger partial charge in [0.1, 0.15) is 0 Å². The van der Waals surface area contributed by atoms with Crippen LogP contribution in [0.5, 0.6) is 0 Å². The molecular formula is C11H23NO. The van der Waals surface area contributed by atoms with Gasteiger partial charge in [-0.15, -0.1) is 0 Å². The van der Waals surface area contributed by atoms with Crippen molar-refractivity contribution < 1.29 is 4.74 Å². The molecule has 13 heavy (non-hydrogen) atoms. The Balaban J connectivity index is 3.11. The number of hydrogen-bond acceptors (Lipinski definition) is 2. The van der Waals surface area contributed by atoms with Crippen LogP contribution in [0.3, 0.4) is 0 Å². The molecule has 0 rings (SSSR count). The Morgan fingerprint density at radius 3 is 2.69 bits per heavy atom. The van der Waals surface area contributed by atoms with Crippen LogP contribution in [0.2, 0.25) is 0 Å². The standard InChI is InChI=1S/C11H23NO/c1-4-6-8-12(3)9-11-13-10-7-5-2/h5,7H,4,6,8-11H2,1-3H3/b7-5-. The highest BCUT2D eigenvalue weighted by Crippen LogP contribution is 1.91. The molecule has 0 atom stereocenters. The zero-order valence-electron chi connectivity index (χ0n) is 9.25. The highest BCUT2D eigenvalue weighted by molar-refractivity contribution is 4.75. The summed E-state index contributed by atoms with van der Waals surface area (Å²) < 4.78 is 5.40. The van der Waals surface area contributed by atoms with Crippen molar-refractivity contribution in [3.05, 3.63) is 12.2 Å². The topological polar surface area (TPSA) is 12.5 Å². The molecule has 0 amide bonds. The number of nitrogens with zero attached hydrogens (tertiary/aromatic N) is 1. The molecule has 0 aromatic rings. The fraction of sp³-hybridized carbons (Fsp3) is 0.818. The zero-order valence-corrected chi connectivity index (χ0v) is 9.25. The number of rotatable bonds is 8. The van der Waals surface area contributed by atoms with E-state index >= 15 is 0 Å². The summed E-state index contributed by atoms with van der Waals surface area (Å²) in [7, 11) is 2.15. The molecule has 0 aliphatic rings. The summed E-state index contributed by atoms with van der Waals surface area (Å²) in [4.78, 5) is 2.32. The van der Waals surface area contributed by atoms with Gasteiger partial charge in [0.05, 0.1) is 13.2 Å². The molecule has 0 spiro atoms. The van der Waals surface area contributed by atoms with Gasteiger partial charge in [-0.1, -0.05) is 25.5 Å². The molecule has 0 aromatic carbocycles. The largest absolute Gasteiger partial charge is 0.376 e. The second-order valence-electron chi connectivity index (χ2n) is 3.30. The Morgan fingerprint density at radius 2 is 2.08 bits per heavy atom. The van der Waals surface area contributed by atoms with Gasteiger partial charge in [-0.3, -0.25) is 0 Å². The minimum atomic E-state index is 0.748. The number of likely N-dealkylation sites (N-methyl/N-ethyl adjacent to an activating group) is 1. The molecule has 0 fully saturated rings. The van der Waals surface area contributed by atoms with Crippen molar-refractivity contribution in [3.63, 3.8) is 0 Å². The minimum absolute atomic E-state index is 0.748. The van der Waals surface area contributed by atoms with E-state index in [4.69, 9.17) is 4.74 Å². The molecular weight excluding hydrogens is 162 g/mol. The van der Waals surface area contributed by atoms with Crippen molar-refractivity contribution >= 4 is 0 Å². The highest BCUT2D eigenvalue weighted by atomic mass is 16.5. The number of ether oxygens (including phenoxy) is 1. The van der Waals surface area contributed by atoms with Crippen LogP contribution in [-0.4, -0.2) is 38.3 Å². The van der Waals surface area contributed by atoms with Gasteiger partial charge in [0.2, 0.25) is 0 Å². The Morgan fingerprint density at radius 1 is 1.31 bits per heavy atom. The quantitative estimate of drug-likeness (QED) is 0.425. The molecule has 0 saturated heterocycles. The molecule has 0 aromatic heterocycles. The second-order valence-corrected chi connectivity index (χ2v) is 3.30. The smallest absolute Gasteiger partial charge is 0.0648 e.